The van der Waals surface area contributed by atoms with E-state index in [0.717, 1.165) is 29.5 Å². The molecule has 130 valence electrons. The SMILES string of the molecule is O=C(c1ccc(F)cc1)[C@H](C(=O)N1CCCC1)n1cc(Cl)ccc1=O. The van der Waals surface area contributed by atoms with E-state index in [4.69, 9.17) is 11.6 Å². The van der Waals surface area contributed by atoms with E-state index < -0.39 is 29.1 Å². The third-order valence-corrected chi connectivity index (χ3v) is 4.43. The van der Waals surface area contributed by atoms with Crippen LogP contribution in [-0.4, -0.2) is 34.2 Å². The number of Topliss-reactive ketones (excluding diaryl/α,β-unsaturated/α-hetero) is 1. The molecule has 1 aromatic heterocycles. The Labute approximate surface area is 148 Å². The summed E-state index contributed by atoms with van der Waals surface area (Å²) in [6.45, 7) is 1.09. The summed E-state index contributed by atoms with van der Waals surface area (Å²) in [7, 11) is 0. The summed E-state index contributed by atoms with van der Waals surface area (Å²) in [5.41, 5.74) is -0.344. The van der Waals surface area contributed by atoms with E-state index in [1.165, 1.54) is 30.5 Å². The number of aromatic nitrogens is 1. The molecule has 5 nitrogen and oxygen atoms in total. The van der Waals surface area contributed by atoms with Gasteiger partial charge in [0.05, 0.1) is 5.02 Å². The molecule has 25 heavy (non-hydrogen) atoms. The average molecular weight is 363 g/mol. The first-order chi connectivity index (χ1) is 12.0. The number of carbonyl (C=O) groups is 2. The fourth-order valence-electron chi connectivity index (χ4n) is 2.92. The summed E-state index contributed by atoms with van der Waals surface area (Å²) in [5, 5.41) is 0.241. The Morgan fingerprint density at radius 1 is 1.04 bits per heavy atom. The zero-order chi connectivity index (χ0) is 18.0. The molecule has 1 aliphatic heterocycles. The average Bonchev–Trinajstić information content (AvgIpc) is 3.13. The summed E-state index contributed by atoms with van der Waals surface area (Å²) in [5.74, 6) is -1.50. The van der Waals surface area contributed by atoms with Crippen molar-refractivity contribution in [2.24, 2.45) is 0 Å². The van der Waals surface area contributed by atoms with E-state index in [0.29, 0.717) is 13.1 Å². The van der Waals surface area contributed by atoms with Gasteiger partial charge in [-0.2, -0.15) is 0 Å². The van der Waals surface area contributed by atoms with Gasteiger partial charge in [-0.15, -0.1) is 0 Å². The largest absolute Gasteiger partial charge is 0.340 e. The third-order valence-electron chi connectivity index (χ3n) is 4.21. The first-order valence-electron chi connectivity index (χ1n) is 7.93. The van der Waals surface area contributed by atoms with Crippen molar-refractivity contribution in [3.63, 3.8) is 0 Å². The van der Waals surface area contributed by atoms with Gasteiger partial charge < -0.3 is 4.90 Å². The zero-order valence-corrected chi connectivity index (χ0v) is 14.1. The first kappa shape index (κ1) is 17.4. The van der Waals surface area contributed by atoms with E-state index in [1.807, 2.05) is 0 Å². The Kier molecular flexibility index (Phi) is 4.99. The Morgan fingerprint density at radius 3 is 2.32 bits per heavy atom. The number of halogens is 2. The summed E-state index contributed by atoms with van der Waals surface area (Å²) in [6, 6.07) is 6.16. The molecular formula is C18H16ClFN2O3. The van der Waals surface area contributed by atoms with E-state index in [9.17, 15) is 18.8 Å². The molecule has 1 aliphatic rings. The lowest BCUT2D eigenvalue weighted by Gasteiger charge is -2.24. The van der Waals surface area contributed by atoms with Crippen molar-refractivity contribution >= 4 is 23.3 Å². The van der Waals surface area contributed by atoms with Crippen molar-refractivity contribution in [2.75, 3.05) is 13.1 Å². The quantitative estimate of drug-likeness (QED) is 0.620. The van der Waals surface area contributed by atoms with E-state index in [1.54, 1.807) is 4.90 Å². The van der Waals surface area contributed by atoms with E-state index in [-0.39, 0.29) is 10.6 Å². The minimum atomic E-state index is -1.35. The predicted molar refractivity (Wildman–Crippen MR) is 91.3 cm³/mol. The Balaban J connectivity index is 2.06. The molecular weight excluding hydrogens is 347 g/mol. The number of pyridine rings is 1. The lowest BCUT2D eigenvalue weighted by Crippen LogP contribution is -2.42. The fraction of sp³-hybridized carbons (Fsp3) is 0.278. The number of benzene rings is 1. The minimum absolute atomic E-state index is 0.158. The molecule has 0 spiro atoms. The molecule has 2 heterocycles. The second-order valence-electron chi connectivity index (χ2n) is 5.90. The normalized spacial score (nSPS) is 15.2. The Hall–Kier alpha value is -2.47. The fourth-order valence-corrected chi connectivity index (χ4v) is 3.09. The lowest BCUT2D eigenvalue weighted by molar-refractivity contribution is -0.132. The topological polar surface area (TPSA) is 59.4 Å². The second kappa shape index (κ2) is 7.19. The van der Waals surface area contributed by atoms with Crippen LogP contribution in [0.4, 0.5) is 4.39 Å². The van der Waals surface area contributed by atoms with Crippen molar-refractivity contribution in [3.8, 4) is 0 Å². The highest BCUT2D eigenvalue weighted by atomic mass is 35.5. The highest BCUT2D eigenvalue weighted by molar-refractivity contribution is 6.30. The number of likely N-dealkylation sites (tertiary alicyclic amines) is 1. The number of hydrogen-bond acceptors (Lipinski definition) is 3. The molecule has 0 aliphatic carbocycles. The van der Waals surface area contributed by atoms with Gasteiger partial charge in [0, 0.05) is 30.9 Å². The lowest BCUT2D eigenvalue weighted by atomic mass is 10.0. The Morgan fingerprint density at radius 2 is 1.68 bits per heavy atom. The molecule has 0 unspecified atom stereocenters. The van der Waals surface area contributed by atoms with Crippen LogP contribution < -0.4 is 5.56 Å². The van der Waals surface area contributed by atoms with Crippen LogP contribution in [0.5, 0.6) is 0 Å². The van der Waals surface area contributed by atoms with Crippen molar-refractivity contribution in [1.29, 1.82) is 0 Å². The van der Waals surface area contributed by atoms with Crippen LogP contribution in [0.25, 0.3) is 0 Å². The van der Waals surface area contributed by atoms with Gasteiger partial charge in [-0.05, 0) is 43.2 Å². The van der Waals surface area contributed by atoms with Crippen LogP contribution in [0.3, 0.4) is 0 Å². The highest BCUT2D eigenvalue weighted by Gasteiger charge is 2.34. The molecule has 0 radical (unpaired) electrons. The van der Waals surface area contributed by atoms with Crippen LogP contribution >= 0.6 is 11.6 Å². The molecule has 0 N–H and O–H groups in total. The van der Waals surface area contributed by atoms with Gasteiger partial charge >= 0.3 is 0 Å². The van der Waals surface area contributed by atoms with Crippen LogP contribution in [-0.2, 0) is 4.79 Å². The van der Waals surface area contributed by atoms with Crippen molar-refractivity contribution in [1.82, 2.24) is 9.47 Å². The smallest absolute Gasteiger partial charge is 0.253 e. The van der Waals surface area contributed by atoms with Gasteiger partial charge in [0.25, 0.3) is 11.5 Å². The number of rotatable bonds is 4. The maximum atomic E-state index is 13.1. The van der Waals surface area contributed by atoms with Crippen molar-refractivity contribution in [2.45, 2.75) is 18.9 Å². The molecule has 2 aromatic rings. The molecule has 1 saturated heterocycles. The maximum Gasteiger partial charge on any atom is 0.253 e. The first-order valence-corrected chi connectivity index (χ1v) is 8.31. The molecule has 0 saturated carbocycles. The van der Waals surface area contributed by atoms with Gasteiger partial charge in [0.1, 0.15) is 5.82 Å². The standard InChI is InChI=1S/C18H16ClFN2O3/c19-13-5-8-15(23)22(11-13)16(18(25)21-9-1-2-10-21)17(24)12-3-6-14(20)7-4-12/h3-8,11,16H,1-2,9-10H2/t16-/m1/s1. The second-order valence-corrected chi connectivity index (χ2v) is 6.34. The number of hydrogen-bond donors (Lipinski definition) is 0. The third kappa shape index (κ3) is 3.64. The van der Waals surface area contributed by atoms with E-state index >= 15 is 0 Å². The summed E-state index contributed by atoms with van der Waals surface area (Å²) in [6.07, 6.45) is 2.99. The van der Waals surface area contributed by atoms with Crippen molar-refractivity contribution < 1.29 is 14.0 Å². The molecule has 0 bridgehead atoms. The van der Waals surface area contributed by atoms with E-state index in [2.05, 4.69) is 0 Å². The minimum Gasteiger partial charge on any atom is -0.340 e. The van der Waals surface area contributed by atoms with Crippen LogP contribution in [0.2, 0.25) is 5.02 Å². The number of ketones is 1. The molecule has 1 atom stereocenters. The summed E-state index contributed by atoms with van der Waals surface area (Å²) >= 11 is 5.95. The van der Waals surface area contributed by atoms with Gasteiger partial charge in [-0.25, -0.2) is 4.39 Å². The zero-order valence-electron chi connectivity index (χ0n) is 13.3. The van der Waals surface area contributed by atoms with Gasteiger partial charge in [-0.1, -0.05) is 11.6 Å². The van der Waals surface area contributed by atoms with Gasteiger partial charge in [-0.3, -0.25) is 19.0 Å². The molecule has 1 amide bonds. The van der Waals surface area contributed by atoms with Crippen LogP contribution in [0.15, 0.2) is 47.4 Å². The van der Waals surface area contributed by atoms with Crippen molar-refractivity contribution in [3.05, 3.63) is 69.4 Å². The monoisotopic (exact) mass is 362 g/mol. The molecule has 1 aromatic carbocycles. The van der Waals surface area contributed by atoms with Gasteiger partial charge in [0.2, 0.25) is 0 Å². The number of carbonyl (C=O) groups excluding carboxylic acids is 2. The molecule has 1 fully saturated rings. The predicted octanol–water partition coefficient (Wildman–Crippen LogP) is 2.69. The Bertz CT molecular complexity index is 857. The highest BCUT2D eigenvalue weighted by Crippen LogP contribution is 2.21. The summed E-state index contributed by atoms with van der Waals surface area (Å²) in [4.78, 5) is 39.7. The molecule has 7 heteroatoms. The number of amides is 1. The van der Waals surface area contributed by atoms with Crippen LogP contribution in [0, 0.1) is 5.82 Å². The number of nitrogens with zero attached hydrogens (tertiary/aromatic N) is 2. The van der Waals surface area contributed by atoms with Gasteiger partial charge in [0.15, 0.2) is 11.8 Å². The maximum absolute atomic E-state index is 13.1. The van der Waals surface area contributed by atoms with Crippen LogP contribution in [0.1, 0.15) is 29.2 Å². The summed E-state index contributed by atoms with van der Waals surface area (Å²) < 4.78 is 14.2. The molecule has 3 rings (SSSR count).